The van der Waals surface area contributed by atoms with E-state index >= 15 is 0 Å². The molecule has 0 aliphatic heterocycles. The van der Waals surface area contributed by atoms with Gasteiger partial charge in [-0.15, -0.1) is 0 Å². The van der Waals surface area contributed by atoms with Crippen LogP contribution in [0.2, 0.25) is 0 Å². The fourth-order valence-corrected chi connectivity index (χ4v) is 3.91. The molecule has 5 rings (SSSR count). The van der Waals surface area contributed by atoms with E-state index in [4.69, 9.17) is 4.98 Å². The maximum atomic E-state index is 14.9. The Morgan fingerprint density at radius 1 is 1.17 bits per heavy atom. The lowest BCUT2D eigenvalue weighted by atomic mass is 9.97. The summed E-state index contributed by atoms with van der Waals surface area (Å²) in [6.45, 7) is 5.50. The second-order valence-electron chi connectivity index (χ2n) is 8.98. The SMILES string of the molecule is Cc1nc2ccc(C3CC3)nc2n2c(-c3cc(CCC(C)(C)O)ccc3F)ncc12. The predicted molar refractivity (Wildman–Crippen MR) is 115 cm³/mol. The minimum Gasteiger partial charge on any atom is -0.390 e. The van der Waals surface area contributed by atoms with Gasteiger partial charge in [-0.1, -0.05) is 6.07 Å². The largest absolute Gasteiger partial charge is 0.390 e. The number of nitrogens with zero attached hydrogens (tertiary/aromatic N) is 4. The highest BCUT2D eigenvalue weighted by Crippen LogP contribution is 2.39. The lowest BCUT2D eigenvalue weighted by Crippen LogP contribution is -2.19. The van der Waals surface area contributed by atoms with Crippen LogP contribution in [0.15, 0.2) is 36.5 Å². The van der Waals surface area contributed by atoms with Crippen LogP contribution in [0.4, 0.5) is 4.39 Å². The molecule has 6 heteroatoms. The topological polar surface area (TPSA) is 63.3 Å². The minimum absolute atomic E-state index is 0.324. The fraction of sp³-hybridized carbons (Fsp3) is 0.375. The Bertz CT molecular complexity index is 1270. The smallest absolute Gasteiger partial charge is 0.165 e. The molecular weight excluding hydrogens is 379 g/mol. The zero-order valence-corrected chi connectivity index (χ0v) is 17.5. The molecule has 0 atom stereocenters. The number of benzene rings is 1. The number of fused-ring (bicyclic) bond motifs is 3. The van der Waals surface area contributed by atoms with Crippen LogP contribution < -0.4 is 0 Å². The third-order valence-corrected chi connectivity index (χ3v) is 5.80. The summed E-state index contributed by atoms with van der Waals surface area (Å²) in [5.74, 6) is 0.721. The van der Waals surface area contributed by atoms with Gasteiger partial charge in [-0.25, -0.2) is 19.3 Å². The third kappa shape index (κ3) is 3.45. The Labute approximate surface area is 174 Å². The van der Waals surface area contributed by atoms with Crippen molar-refractivity contribution < 1.29 is 9.50 Å². The summed E-state index contributed by atoms with van der Waals surface area (Å²) in [6.07, 6.45) is 5.32. The molecule has 1 saturated carbocycles. The molecule has 0 unspecified atom stereocenters. The van der Waals surface area contributed by atoms with E-state index in [1.54, 1.807) is 26.1 Å². The summed E-state index contributed by atoms with van der Waals surface area (Å²) in [6, 6.07) is 9.14. The summed E-state index contributed by atoms with van der Waals surface area (Å²) in [4.78, 5) is 14.1. The molecule has 0 radical (unpaired) electrons. The molecule has 1 N–H and O–H groups in total. The summed E-state index contributed by atoms with van der Waals surface area (Å²) in [5.41, 5.74) is 4.86. The minimum atomic E-state index is -0.767. The van der Waals surface area contributed by atoms with Gasteiger partial charge in [-0.05, 0) is 76.3 Å². The van der Waals surface area contributed by atoms with Crippen LogP contribution in [0.25, 0.3) is 28.1 Å². The first-order chi connectivity index (χ1) is 14.3. The number of aromatic nitrogens is 4. The molecule has 3 aromatic heterocycles. The number of pyridine rings is 1. The predicted octanol–water partition coefficient (Wildman–Crippen LogP) is 4.97. The maximum Gasteiger partial charge on any atom is 0.165 e. The molecule has 3 heterocycles. The van der Waals surface area contributed by atoms with Crippen molar-refractivity contribution in [3.05, 3.63) is 59.3 Å². The molecule has 0 bridgehead atoms. The molecule has 1 aliphatic carbocycles. The van der Waals surface area contributed by atoms with E-state index < -0.39 is 5.60 Å². The first-order valence-corrected chi connectivity index (χ1v) is 10.5. The van der Waals surface area contributed by atoms with Crippen molar-refractivity contribution >= 4 is 16.7 Å². The first kappa shape index (κ1) is 19.1. The lowest BCUT2D eigenvalue weighted by Gasteiger charge is -2.17. The number of aryl methyl sites for hydroxylation is 2. The first-order valence-electron chi connectivity index (χ1n) is 10.5. The van der Waals surface area contributed by atoms with Crippen LogP contribution in [0.3, 0.4) is 0 Å². The number of imidazole rings is 1. The lowest BCUT2D eigenvalue weighted by molar-refractivity contribution is 0.0714. The van der Waals surface area contributed by atoms with Gasteiger partial charge in [0.2, 0.25) is 0 Å². The molecule has 5 nitrogen and oxygen atoms in total. The number of hydrogen-bond donors (Lipinski definition) is 1. The Hall–Kier alpha value is -2.86. The average molecular weight is 404 g/mol. The molecule has 1 aliphatic rings. The van der Waals surface area contributed by atoms with Crippen molar-refractivity contribution in [2.24, 2.45) is 0 Å². The molecule has 1 aromatic carbocycles. The molecule has 154 valence electrons. The van der Waals surface area contributed by atoms with Gasteiger partial charge in [-0.3, -0.25) is 4.40 Å². The Balaban J connectivity index is 1.69. The average Bonchev–Trinajstić information content (AvgIpc) is 3.45. The molecule has 4 aromatic rings. The summed E-state index contributed by atoms with van der Waals surface area (Å²) in [5, 5.41) is 10.0. The normalized spacial score (nSPS) is 14.7. The quantitative estimate of drug-likeness (QED) is 0.510. The van der Waals surface area contributed by atoms with Gasteiger partial charge < -0.3 is 5.11 Å². The Kier molecular flexibility index (Phi) is 4.36. The monoisotopic (exact) mass is 404 g/mol. The molecule has 0 spiro atoms. The van der Waals surface area contributed by atoms with Gasteiger partial charge in [0, 0.05) is 11.6 Å². The van der Waals surface area contributed by atoms with Gasteiger partial charge in [0.25, 0.3) is 0 Å². The van der Waals surface area contributed by atoms with E-state index in [1.807, 2.05) is 29.5 Å². The van der Waals surface area contributed by atoms with Gasteiger partial charge in [0.05, 0.1) is 28.6 Å². The van der Waals surface area contributed by atoms with E-state index in [2.05, 4.69) is 9.97 Å². The summed E-state index contributed by atoms with van der Waals surface area (Å²) < 4.78 is 16.8. The molecule has 0 saturated heterocycles. The van der Waals surface area contributed by atoms with Crippen molar-refractivity contribution in [2.45, 2.75) is 58.0 Å². The van der Waals surface area contributed by atoms with E-state index in [9.17, 15) is 9.50 Å². The Morgan fingerprint density at radius 2 is 1.97 bits per heavy atom. The molecule has 30 heavy (non-hydrogen) atoms. The number of hydrogen-bond acceptors (Lipinski definition) is 4. The highest BCUT2D eigenvalue weighted by Gasteiger charge is 2.26. The number of rotatable bonds is 5. The van der Waals surface area contributed by atoms with Crippen LogP contribution >= 0.6 is 0 Å². The van der Waals surface area contributed by atoms with E-state index in [1.165, 1.54) is 6.07 Å². The number of aliphatic hydroxyl groups is 1. The summed E-state index contributed by atoms with van der Waals surface area (Å²) >= 11 is 0. The van der Waals surface area contributed by atoms with Crippen LogP contribution in [0.5, 0.6) is 0 Å². The second kappa shape index (κ2) is 6.84. The van der Waals surface area contributed by atoms with Crippen molar-refractivity contribution in [3.8, 4) is 11.4 Å². The second-order valence-corrected chi connectivity index (χ2v) is 8.98. The zero-order valence-electron chi connectivity index (χ0n) is 17.5. The molecule has 1 fully saturated rings. The maximum absolute atomic E-state index is 14.9. The third-order valence-electron chi connectivity index (χ3n) is 5.80. The van der Waals surface area contributed by atoms with Crippen molar-refractivity contribution in [3.63, 3.8) is 0 Å². The van der Waals surface area contributed by atoms with Crippen molar-refractivity contribution in [1.82, 2.24) is 19.4 Å². The van der Waals surface area contributed by atoms with Gasteiger partial charge >= 0.3 is 0 Å². The standard InChI is InChI=1S/C24H25FN4O/c1-14-21-13-26-22(17-12-15(4-7-18(17)25)10-11-24(2,3)30)29(21)23-20(27-14)9-8-19(28-23)16-5-6-16/h4,7-9,12-13,16,30H,5-6,10-11H2,1-3H3. The van der Waals surface area contributed by atoms with Gasteiger partial charge in [0.1, 0.15) is 17.2 Å². The van der Waals surface area contributed by atoms with Crippen LogP contribution in [0, 0.1) is 12.7 Å². The van der Waals surface area contributed by atoms with Crippen LogP contribution in [-0.4, -0.2) is 30.1 Å². The molecular formula is C24H25FN4O. The van der Waals surface area contributed by atoms with Crippen LogP contribution in [0.1, 0.15) is 56.0 Å². The van der Waals surface area contributed by atoms with E-state index in [-0.39, 0.29) is 5.82 Å². The van der Waals surface area contributed by atoms with Gasteiger partial charge in [0.15, 0.2) is 5.65 Å². The van der Waals surface area contributed by atoms with E-state index in [0.29, 0.717) is 35.8 Å². The fourth-order valence-electron chi connectivity index (χ4n) is 3.91. The van der Waals surface area contributed by atoms with Gasteiger partial charge in [-0.2, -0.15) is 0 Å². The highest BCUT2D eigenvalue weighted by atomic mass is 19.1. The van der Waals surface area contributed by atoms with Crippen molar-refractivity contribution in [2.75, 3.05) is 0 Å². The van der Waals surface area contributed by atoms with E-state index in [0.717, 1.165) is 40.8 Å². The molecule has 0 amide bonds. The highest BCUT2D eigenvalue weighted by molar-refractivity contribution is 5.80. The van der Waals surface area contributed by atoms with Crippen LogP contribution in [-0.2, 0) is 6.42 Å². The summed E-state index contributed by atoms with van der Waals surface area (Å²) in [7, 11) is 0. The zero-order chi connectivity index (χ0) is 21.0. The number of halogens is 1. The van der Waals surface area contributed by atoms with Crippen molar-refractivity contribution in [1.29, 1.82) is 0 Å². The Morgan fingerprint density at radius 3 is 2.70 bits per heavy atom.